The number of terminal acetylenes is 1. The molecule has 0 radical (unpaired) electrons. The quantitative estimate of drug-likeness (QED) is 0.733. The molecule has 1 rings (SSSR count). The number of oxazole rings is 1. The van der Waals surface area contributed by atoms with Crippen molar-refractivity contribution in [3.63, 3.8) is 0 Å². The molecular weight excluding hydrogens is 206 g/mol. The van der Waals surface area contributed by atoms with E-state index in [2.05, 4.69) is 16.2 Å². The van der Waals surface area contributed by atoms with Crippen molar-refractivity contribution in [3.05, 3.63) is 17.8 Å². The summed E-state index contributed by atoms with van der Waals surface area (Å²) in [6, 6.07) is -0.311. The zero-order chi connectivity index (χ0) is 12.1. The van der Waals surface area contributed by atoms with E-state index in [0.29, 0.717) is 5.89 Å². The van der Waals surface area contributed by atoms with Crippen LogP contribution in [-0.2, 0) is 0 Å². The summed E-state index contributed by atoms with van der Waals surface area (Å²) in [6.45, 7) is 4.07. The third-order valence-electron chi connectivity index (χ3n) is 2.11. The summed E-state index contributed by atoms with van der Waals surface area (Å²) in [5.74, 6) is 2.50. The highest BCUT2D eigenvalue weighted by molar-refractivity contribution is 5.92. The van der Waals surface area contributed by atoms with Crippen molar-refractivity contribution in [3.8, 4) is 12.3 Å². The molecule has 86 valence electrons. The number of hydrogen-bond donors (Lipinski definition) is 2. The molecule has 0 aliphatic rings. The van der Waals surface area contributed by atoms with Crippen LogP contribution < -0.4 is 11.1 Å². The molecule has 1 atom stereocenters. The van der Waals surface area contributed by atoms with E-state index in [1.165, 1.54) is 6.26 Å². The zero-order valence-electron chi connectivity index (χ0n) is 9.36. The number of amides is 1. The Morgan fingerprint density at radius 1 is 1.75 bits per heavy atom. The van der Waals surface area contributed by atoms with Gasteiger partial charge in [0.15, 0.2) is 5.69 Å². The second kappa shape index (κ2) is 5.33. The number of nitrogens with zero attached hydrogens (tertiary/aromatic N) is 1. The monoisotopic (exact) mass is 221 g/mol. The van der Waals surface area contributed by atoms with Crippen LogP contribution in [0.1, 0.15) is 36.3 Å². The summed E-state index contributed by atoms with van der Waals surface area (Å²) in [5.41, 5.74) is 6.03. The van der Waals surface area contributed by atoms with E-state index in [9.17, 15) is 4.79 Å². The third kappa shape index (κ3) is 2.84. The lowest BCUT2D eigenvalue weighted by Crippen LogP contribution is -2.24. The molecule has 1 heterocycles. The summed E-state index contributed by atoms with van der Waals surface area (Å²) in [6.07, 6.45) is 6.30. The standard InChI is InChI=1S/C11H15N3O2/c1-4-5-13-10(15)8-6-16-11(14-8)9(12)7(2)3/h1,6-7,9H,5,12H2,2-3H3,(H,13,15). The Kier molecular flexibility index (Phi) is 4.09. The summed E-state index contributed by atoms with van der Waals surface area (Å²) < 4.78 is 5.14. The molecule has 3 N–H and O–H groups in total. The number of aromatic nitrogens is 1. The highest BCUT2D eigenvalue weighted by Crippen LogP contribution is 2.17. The fraction of sp³-hybridized carbons (Fsp3) is 0.455. The van der Waals surface area contributed by atoms with Crippen molar-refractivity contribution in [1.82, 2.24) is 10.3 Å². The predicted octanol–water partition coefficient (Wildman–Crippen LogP) is 0.693. The van der Waals surface area contributed by atoms with Gasteiger partial charge in [-0.15, -0.1) is 6.42 Å². The zero-order valence-corrected chi connectivity index (χ0v) is 9.36. The molecule has 1 amide bonds. The van der Waals surface area contributed by atoms with E-state index < -0.39 is 0 Å². The van der Waals surface area contributed by atoms with Gasteiger partial charge in [0.1, 0.15) is 6.26 Å². The maximum absolute atomic E-state index is 11.4. The number of hydrogen-bond acceptors (Lipinski definition) is 4. The molecule has 0 fully saturated rings. The largest absolute Gasteiger partial charge is 0.446 e. The van der Waals surface area contributed by atoms with Gasteiger partial charge in [0, 0.05) is 0 Å². The first-order chi connectivity index (χ1) is 7.56. The first-order valence-corrected chi connectivity index (χ1v) is 4.99. The molecular formula is C11H15N3O2. The summed E-state index contributed by atoms with van der Waals surface area (Å²) in [4.78, 5) is 15.5. The molecule has 5 nitrogen and oxygen atoms in total. The van der Waals surface area contributed by atoms with Crippen molar-refractivity contribution in [2.45, 2.75) is 19.9 Å². The lowest BCUT2D eigenvalue weighted by Gasteiger charge is -2.10. The van der Waals surface area contributed by atoms with Crippen LogP contribution in [0.2, 0.25) is 0 Å². The van der Waals surface area contributed by atoms with Crippen LogP contribution in [0.25, 0.3) is 0 Å². The SMILES string of the molecule is C#CCNC(=O)c1coc(C(N)C(C)C)n1. The van der Waals surface area contributed by atoms with Crippen LogP contribution in [0.15, 0.2) is 10.7 Å². The van der Waals surface area contributed by atoms with Crippen LogP contribution in [0.5, 0.6) is 0 Å². The molecule has 0 saturated heterocycles. The molecule has 0 bridgehead atoms. The maximum atomic E-state index is 11.4. The molecule has 0 saturated carbocycles. The van der Waals surface area contributed by atoms with E-state index in [0.717, 1.165) is 0 Å². The van der Waals surface area contributed by atoms with Gasteiger partial charge in [-0.1, -0.05) is 19.8 Å². The molecule has 16 heavy (non-hydrogen) atoms. The van der Waals surface area contributed by atoms with Gasteiger partial charge in [-0.25, -0.2) is 4.98 Å². The second-order valence-corrected chi connectivity index (χ2v) is 3.73. The van der Waals surface area contributed by atoms with Gasteiger partial charge in [0.25, 0.3) is 5.91 Å². The average molecular weight is 221 g/mol. The van der Waals surface area contributed by atoms with E-state index in [1.807, 2.05) is 13.8 Å². The lowest BCUT2D eigenvalue weighted by molar-refractivity contribution is 0.0953. The first-order valence-electron chi connectivity index (χ1n) is 4.99. The summed E-state index contributed by atoms with van der Waals surface area (Å²) in [5, 5.41) is 2.49. The van der Waals surface area contributed by atoms with E-state index in [1.54, 1.807) is 0 Å². The van der Waals surface area contributed by atoms with E-state index >= 15 is 0 Å². The number of carbonyl (C=O) groups excluding carboxylic acids is 1. The molecule has 1 aromatic heterocycles. The Labute approximate surface area is 94.4 Å². The minimum atomic E-state index is -0.357. The van der Waals surface area contributed by atoms with Gasteiger partial charge < -0.3 is 15.5 Å². The van der Waals surface area contributed by atoms with Crippen LogP contribution in [0, 0.1) is 18.3 Å². The summed E-state index contributed by atoms with van der Waals surface area (Å²) >= 11 is 0. The Balaban J connectivity index is 2.72. The topological polar surface area (TPSA) is 81.2 Å². The van der Waals surface area contributed by atoms with Crippen molar-refractivity contribution in [1.29, 1.82) is 0 Å². The van der Waals surface area contributed by atoms with Crippen LogP contribution in [0.4, 0.5) is 0 Å². The Morgan fingerprint density at radius 2 is 2.44 bits per heavy atom. The molecule has 1 unspecified atom stereocenters. The smallest absolute Gasteiger partial charge is 0.273 e. The third-order valence-corrected chi connectivity index (χ3v) is 2.11. The van der Waals surface area contributed by atoms with Crippen molar-refractivity contribution in [2.75, 3.05) is 6.54 Å². The molecule has 5 heteroatoms. The van der Waals surface area contributed by atoms with Gasteiger partial charge in [-0.05, 0) is 5.92 Å². The minimum Gasteiger partial charge on any atom is -0.446 e. The second-order valence-electron chi connectivity index (χ2n) is 3.73. The lowest BCUT2D eigenvalue weighted by atomic mass is 10.1. The maximum Gasteiger partial charge on any atom is 0.273 e. The highest BCUT2D eigenvalue weighted by Gasteiger charge is 2.18. The normalized spacial score (nSPS) is 12.2. The van der Waals surface area contributed by atoms with Gasteiger partial charge in [-0.2, -0.15) is 0 Å². The predicted molar refractivity (Wildman–Crippen MR) is 59.4 cm³/mol. The van der Waals surface area contributed by atoms with Crippen molar-refractivity contribution < 1.29 is 9.21 Å². The van der Waals surface area contributed by atoms with Gasteiger partial charge in [-0.3, -0.25) is 4.79 Å². The first kappa shape index (κ1) is 12.3. The van der Waals surface area contributed by atoms with Gasteiger partial charge >= 0.3 is 0 Å². The van der Waals surface area contributed by atoms with E-state index in [4.69, 9.17) is 16.6 Å². The molecule has 0 spiro atoms. The average Bonchev–Trinajstić information content (AvgIpc) is 2.73. The molecule has 0 aliphatic heterocycles. The fourth-order valence-electron chi connectivity index (χ4n) is 1.05. The van der Waals surface area contributed by atoms with Crippen LogP contribution in [0.3, 0.4) is 0 Å². The molecule has 0 aromatic carbocycles. The van der Waals surface area contributed by atoms with Crippen molar-refractivity contribution in [2.24, 2.45) is 11.7 Å². The molecule has 1 aromatic rings. The van der Waals surface area contributed by atoms with Crippen molar-refractivity contribution >= 4 is 5.91 Å². The Hall–Kier alpha value is -1.80. The van der Waals surface area contributed by atoms with Gasteiger partial charge in [0.05, 0.1) is 12.6 Å². The Bertz CT molecular complexity index is 404. The fourth-order valence-corrected chi connectivity index (χ4v) is 1.05. The van der Waals surface area contributed by atoms with E-state index in [-0.39, 0.29) is 30.1 Å². The number of carbonyl (C=O) groups is 1. The highest BCUT2D eigenvalue weighted by atomic mass is 16.3. The number of nitrogens with two attached hydrogens (primary N) is 1. The number of nitrogens with one attached hydrogen (secondary N) is 1. The summed E-state index contributed by atoms with van der Waals surface area (Å²) in [7, 11) is 0. The molecule has 0 aliphatic carbocycles. The minimum absolute atomic E-state index is 0.164. The van der Waals surface area contributed by atoms with Gasteiger partial charge in [0.2, 0.25) is 5.89 Å². The number of rotatable bonds is 4. The Morgan fingerprint density at radius 3 is 3.00 bits per heavy atom. The van der Waals surface area contributed by atoms with Crippen LogP contribution >= 0.6 is 0 Å². The van der Waals surface area contributed by atoms with Crippen LogP contribution in [-0.4, -0.2) is 17.4 Å².